The van der Waals surface area contributed by atoms with Gasteiger partial charge in [-0.15, -0.1) is 0 Å². The van der Waals surface area contributed by atoms with Crippen LogP contribution in [0.4, 0.5) is 0 Å². The summed E-state index contributed by atoms with van der Waals surface area (Å²) in [4.78, 5) is 10.1. The van der Waals surface area contributed by atoms with E-state index in [0.29, 0.717) is 0 Å². The van der Waals surface area contributed by atoms with Gasteiger partial charge < -0.3 is 10.7 Å². The molecule has 1 aliphatic rings. The number of nitrogens with zero attached hydrogens (tertiary/aromatic N) is 3. The molecule has 0 unspecified atom stereocenters. The number of hydrogen-bond donors (Lipinski definition) is 3. The molecule has 2 aromatic heterocycles. The molecule has 0 radical (unpaired) electrons. The summed E-state index contributed by atoms with van der Waals surface area (Å²) in [6.45, 7) is 3.44. The van der Waals surface area contributed by atoms with Gasteiger partial charge in [-0.2, -0.15) is 5.10 Å². The molecule has 5 rings (SSSR count). The van der Waals surface area contributed by atoms with Gasteiger partial charge in [0, 0.05) is 47.9 Å². The second-order valence-electron chi connectivity index (χ2n) is 7.58. The van der Waals surface area contributed by atoms with Crippen LogP contribution in [0.5, 0.6) is 0 Å². The zero-order valence-corrected chi connectivity index (χ0v) is 16.4. The molecule has 0 spiro atoms. The fourth-order valence-corrected chi connectivity index (χ4v) is 3.96. The maximum Gasteiger partial charge on any atom is 0.116 e. The number of allylic oxidation sites excluding steroid dienone is 1. The summed E-state index contributed by atoms with van der Waals surface area (Å²) in [6, 6.07) is 15.0. The fourth-order valence-electron chi connectivity index (χ4n) is 3.96. The van der Waals surface area contributed by atoms with E-state index < -0.39 is 0 Å². The van der Waals surface area contributed by atoms with E-state index in [9.17, 15) is 0 Å². The van der Waals surface area contributed by atoms with Gasteiger partial charge >= 0.3 is 0 Å². The lowest BCUT2D eigenvalue weighted by Crippen LogP contribution is -2.36. The van der Waals surface area contributed by atoms with Crippen LogP contribution in [0.3, 0.4) is 0 Å². The first-order chi connectivity index (χ1) is 14.2. The topological polar surface area (TPSA) is 86.1 Å². The van der Waals surface area contributed by atoms with Gasteiger partial charge in [0.1, 0.15) is 5.69 Å². The zero-order chi connectivity index (χ0) is 19.8. The van der Waals surface area contributed by atoms with Gasteiger partial charge in [-0.3, -0.25) is 15.0 Å². The molecule has 0 aliphatic carbocycles. The Labute approximate surface area is 169 Å². The lowest BCUT2D eigenvalue weighted by Gasteiger charge is -2.30. The number of aromatic amines is 2. The van der Waals surface area contributed by atoms with E-state index in [1.807, 2.05) is 12.1 Å². The highest BCUT2D eigenvalue weighted by atomic mass is 15.2. The molecule has 0 saturated carbocycles. The highest BCUT2D eigenvalue weighted by Crippen LogP contribution is 2.31. The summed E-state index contributed by atoms with van der Waals surface area (Å²) in [5, 5.41) is 9.98. The van der Waals surface area contributed by atoms with E-state index in [4.69, 9.17) is 5.73 Å². The first-order valence-electron chi connectivity index (χ1n) is 9.92. The SMILES string of the molecule is CN=CC(=CN)c1ccc2[nH]nc(-c3cc4cc(CN5CCC5)ccc4[nH]3)c2c1. The Morgan fingerprint density at radius 2 is 2.03 bits per heavy atom. The molecule has 6 nitrogen and oxygen atoms in total. The number of likely N-dealkylation sites (tertiary alicyclic amines) is 1. The quantitative estimate of drug-likeness (QED) is 0.456. The molecule has 4 N–H and O–H groups in total. The minimum atomic E-state index is 0.883. The summed E-state index contributed by atoms with van der Waals surface area (Å²) in [7, 11) is 1.74. The maximum absolute atomic E-state index is 5.79. The van der Waals surface area contributed by atoms with Crippen molar-refractivity contribution in [2.75, 3.05) is 20.1 Å². The lowest BCUT2D eigenvalue weighted by molar-refractivity contribution is 0.172. The van der Waals surface area contributed by atoms with Gasteiger partial charge in [-0.05, 0) is 61.0 Å². The van der Waals surface area contributed by atoms with E-state index in [1.165, 1.54) is 30.5 Å². The van der Waals surface area contributed by atoms with Crippen LogP contribution < -0.4 is 5.73 Å². The highest BCUT2D eigenvalue weighted by molar-refractivity contribution is 6.11. The summed E-state index contributed by atoms with van der Waals surface area (Å²) in [5.74, 6) is 0. The Morgan fingerprint density at radius 3 is 2.79 bits per heavy atom. The van der Waals surface area contributed by atoms with Crippen LogP contribution in [-0.2, 0) is 6.54 Å². The van der Waals surface area contributed by atoms with Crippen molar-refractivity contribution in [2.24, 2.45) is 10.7 Å². The number of nitrogens with one attached hydrogen (secondary N) is 2. The number of hydrogen-bond acceptors (Lipinski definition) is 4. The van der Waals surface area contributed by atoms with E-state index in [-0.39, 0.29) is 0 Å². The van der Waals surface area contributed by atoms with Gasteiger partial charge in [0.2, 0.25) is 0 Å². The predicted molar refractivity (Wildman–Crippen MR) is 120 cm³/mol. The monoisotopic (exact) mass is 384 g/mol. The Hall–Kier alpha value is -3.38. The Balaban J connectivity index is 1.54. The predicted octanol–water partition coefficient (Wildman–Crippen LogP) is 3.92. The van der Waals surface area contributed by atoms with E-state index in [1.54, 1.807) is 19.5 Å². The van der Waals surface area contributed by atoms with Crippen molar-refractivity contribution < 1.29 is 0 Å². The molecular weight excluding hydrogens is 360 g/mol. The number of H-pyrrole nitrogens is 2. The van der Waals surface area contributed by atoms with E-state index in [2.05, 4.69) is 55.4 Å². The van der Waals surface area contributed by atoms with E-state index >= 15 is 0 Å². The molecule has 4 aromatic rings. The average molecular weight is 384 g/mol. The van der Waals surface area contributed by atoms with Crippen molar-refractivity contribution in [2.45, 2.75) is 13.0 Å². The second kappa shape index (κ2) is 7.22. The van der Waals surface area contributed by atoms with E-state index in [0.717, 1.165) is 45.5 Å². The zero-order valence-electron chi connectivity index (χ0n) is 16.4. The molecule has 0 atom stereocenters. The number of aliphatic imine (C=N–C) groups is 1. The molecule has 29 heavy (non-hydrogen) atoms. The number of benzene rings is 2. The van der Waals surface area contributed by atoms with Crippen LogP contribution in [0.1, 0.15) is 17.5 Å². The highest BCUT2D eigenvalue weighted by Gasteiger charge is 2.15. The van der Waals surface area contributed by atoms with Crippen molar-refractivity contribution in [1.82, 2.24) is 20.1 Å². The first kappa shape index (κ1) is 17.7. The van der Waals surface area contributed by atoms with Gasteiger partial charge in [-0.1, -0.05) is 12.1 Å². The Morgan fingerprint density at radius 1 is 1.17 bits per heavy atom. The molecule has 2 aromatic carbocycles. The Kier molecular flexibility index (Phi) is 4.41. The normalized spacial score (nSPS) is 15.6. The second-order valence-corrected chi connectivity index (χ2v) is 7.58. The third kappa shape index (κ3) is 3.21. The van der Waals surface area contributed by atoms with Crippen LogP contribution in [0.2, 0.25) is 0 Å². The summed E-state index contributed by atoms with van der Waals surface area (Å²) < 4.78 is 0. The van der Waals surface area contributed by atoms with Gasteiger partial charge in [0.25, 0.3) is 0 Å². The standard InChI is InChI=1S/C23H24N6/c1-25-13-18(12-24)16-4-6-21-19(10-16)23(28-27-21)22-11-17-9-15(3-5-20(17)26-22)14-29-7-2-8-29/h3-6,9-13,26H,2,7-8,14,24H2,1H3,(H,27,28). The van der Waals surface area contributed by atoms with Crippen molar-refractivity contribution >= 4 is 33.6 Å². The Bertz CT molecular complexity index is 1240. The molecule has 6 heteroatoms. The number of rotatable bonds is 5. The van der Waals surface area contributed by atoms with Crippen LogP contribution >= 0.6 is 0 Å². The minimum absolute atomic E-state index is 0.883. The van der Waals surface area contributed by atoms with Crippen LogP contribution in [0.25, 0.3) is 38.8 Å². The van der Waals surface area contributed by atoms with Gasteiger partial charge in [0.05, 0.1) is 11.2 Å². The molecule has 0 bridgehead atoms. The summed E-state index contributed by atoms with van der Waals surface area (Å²) in [6.07, 6.45) is 4.66. The average Bonchev–Trinajstić information content (AvgIpc) is 3.31. The van der Waals surface area contributed by atoms with Crippen molar-refractivity contribution in [1.29, 1.82) is 0 Å². The fraction of sp³-hybridized carbons (Fsp3) is 0.217. The third-order valence-corrected chi connectivity index (χ3v) is 5.64. The van der Waals surface area contributed by atoms with Gasteiger partial charge in [-0.25, -0.2) is 0 Å². The molecule has 146 valence electrons. The molecular formula is C23H24N6. The minimum Gasteiger partial charge on any atom is -0.404 e. The number of fused-ring (bicyclic) bond motifs is 2. The van der Waals surface area contributed by atoms with Crippen LogP contribution in [0, 0.1) is 0 Å². The molecule has 3 heterocycles. The third-order valence-electron chi connectivity index (χ3n) is 5.64. The molecule has 0 amide bonds. The largest absolute Gasteiger partial charge is 0.404 e. The van der Waals surface area contributed by atoms with Crippen molar-refractivity contribution in [3.8, 4) is 11.4 Å². The van der Waals surface area contributed by atoms with Gasteiger partial charge in [0.15, 0.2) is 0 Å². The molecule has 1 fully saturated rings. The molecule has 1 aliphatic heterocycles. The maximum atomic E-state index is 5.79. The van der Waals surface area contributed by atoms with Crippen LogP contribution in [-0.4, -0.2) is 46.4 Å². The summed E-state index contributed by atoms with van der Waals surface area (Å²) >= 11 is 0. The smallest absolute Gasteiger partial charge is 0.116 e. The van der Waals surface area contributed by atoms with Crippen LogP contribution in [0.15, 0.2) is 53.7 Å². The number of nitrogens with two attached hydrogens (primary N) is 1. The lowest BCUT2D eigenvalue weighted by atomic mass is 10.0. The molecule has 1 saturated heterocycles. The first-order valence-corrected chi connectivity index (χ1v) is 9.92. The van der Waals surface area contributed by atoms with Crippen molar-refractivity contribution in [3.05, 3.63) is 59.8 Å². The van der Waals surface area contributed by atoms with Crippen molar-refractivity contribution in [3.63, 3.8) is 0 Å². The number of aromatic nitrogens is 3. The summed E-state index contributed by atoms with van der Waals surface area (Å²) in [5.41, 5.74) is 13.1.